The van der Waals surface area contributed by atoms with E-state index in [1.807, 2.05) is 0 Å². The zero-order valence-corrected chi connectivity index (χ0v) is 11.1. The maximum absolute atomic E-state index is 12.1. The van der Waals surface area contributed by atoms with Crippen LogP contribution in [0, 0.1) is 0 Å². The molecule has 0 unspecified atom stereocenters. The zero-order valence-electron chi connectivity index (χ0n) is 11.1. The highest BCUT2D eigenvalue weighted by molar-refractivity contribution is 5.70. The topological polar surface area (TPSA) is 66.8 Å². The second kappa shape index (κ2) is 6.63. The summed E-state index contributed by atoms with van der Waals surface area (Å²) in [5, 5.41) is 8.50. The van der Waals surface area contributed by atoms with Crippen LogP contribution in [0.15, 0.2) is 0 Å². The van der Waals surface area contributed by atoms with Gasteiger partial charge in [-0.15, -0.1) is 0 Å². The lowest BCUT2D eigenvalue weighted by Gasteiger charge is -2.27. The number of carbonyl (C=O) groups excluding carboxylic acids is 1. The summed E-state index contributed by atoms with van der Waals surface area (Å²) in [7, 11) is 0. The fraction of sp³-hybridized carbons (Fsp3) is 0.818. The predicted octanol–water partition coefficient (Wildman–Crippen LogP) is 2.65. The van der Waals surface area contributed by atoms with E-state index in [0.29, 0.717) is 0 Å². The molecule has 0 aliphatic heterocycles. The number of aliphatic carboxylic acids is 1. The van der Waals surface area contributed by atoms with E-state index in [2.05, 4.69) is 0 Å². The summed E-state index contributed by atoms with van der Waals surface area (Å²) in [6.07, 6.45) is -7.00. The maximum Gasteiger partial charge on any atom is 0.410 e. The Morgan fingerprint density at radius 3 is 2.05 bits per heavy atom. The van der Waals surface area contributed by atoms with Crippen molar-refractivity contribution in [3.05, 3.63) is 0 Å². The average Bonchev–Trinajstić information content (AvgIpc) is 2.12. The van der Waals surface area contributed by atoms with Crippen LogP contribution in [0.2, 0.25) is 0 Å². The average molecular weight is 285 g/mol. The Labute approximate surface area is 109 Å². The molecule has 8 heteroatoms. The number of rotatable bonds is 5. The molecular weight excluding hydrogens is 267 g/mol. The lowest BCUT2D eigenvalue weighted by atomic mass is 10.2. The minimum Gasteiger partial charge on any atom is -0.481 e. The molecule has 0 aliphatic rings. The lowest BCUT2D eigenvalue weighted by Crippen LogP contribution is -2.39. The van der Waals surface area contributed by atoms with Gasteiger partial charge in [0.05, 0.1) is 12.8 Å². The summed E-state index contributed by atoms with van der Waals surface area (Å²) in [6, 6.07) is 0. The third-order valence-electron chi connectivity index (χ3n) is 1.91. The fourth-order valence-electron chi connectivity index (χ4n) is 1.11. The molecule has 5 nitrogen and oxygen atoms in total. The van der Waals surface area contributed by atoms with E-state index in [0.717, 1.165) is 4.90 Å². The summed E-state index contributed by atoms with van der Waals surface area (Å²) in [5.41, 5.74) is -0.850. The highest BCUT2D eigenvalue weighted by atomic mass is 19.4. The van der Waals surface area contributed by atoms with Crippen molar-refractivity contribution < 1.29 is 32.6 Å². The molecule has 0 radical (unpaired) electrons. The van der Waals surface area contributed by atoms with Gasteiger partial charge in [-0.1, -0.05) is 0 Å². The zero-order chi connectivity index (χ0) is 15.3. The fourth-order valence-corrected chi connectivity index (χ4v) is 1.11. The van der Waals surface area contributed by atoms with Crippen LogP contribution in [0.5, 0.6) is 0 Å². The number of nitrogens with zero attached hydrogens (tertiary/aromatic N) is 1. The Hall–Kier alpha value is -1.47. The Morgan fingerprint density at radius 1 is 1.16 bits per heavy atom. The van der Waals surface area contributed by atoms with Gasteiger partial charge in [-0.25, -0.2) is 4.79 Å². The third-order valence-corrected chi connectivity index (χ3v) is 1.91. The molecule has 0 aromatic heterocycles. The summed E-state index contributed by atoms with van der Waals surface area (Å²) < 4.78 is 41.3. The van der Waals surface area contributed by atoms with Crippen molar-refractivity contribution in [2.45, 2.75) is 45.4 Å². The molecule has 0 saturated heterocycles. The Kier molecular flexibility index (Phi) is 6.11. The van der Waals surface area contributed by atoms with E-state index in [9.17, 15) is 22.8 Å². The number of ether oxygens (including phenoxy) is 1. The normalized spacial score (nSPS) is 12.1. The molecule has 0 aliphatic carbocycles. The van der Waals surface area contributed by atoms with Gasteiger partial charge in [-0.3, -0.25) is 4.79 Å². The van der Waals surface area contributed by atoms with Crippen molar-refractivity contribution in [2.24, 2.45) is 0 Å². The standard InChI is InChI=1S/C11H18F3NO4/c1-10(2,3)19-9(18)15(6-4-8(16)17)7-5-11(12,13)14/h4-7H2,1-3H3,(H,16,17). The number of carboxylic acid groups (broad SMARTS) is 1. The largest absolute Gasteiger partial charge is 0.481 e. The summed E-state index contributed by atoms with van der Waals surface area (Å²) in [6.45, 7) is 3.78. The second-order valence-electron chi connectivity index (χ2n) is 4.98. The van der Waals surface area contributed by atoms with Crippen LogP contribution < -0.4 is 0 Å². The molecule has 0 rings (SSSR count). The van der Waals surface area contributed by atoms with Crippen LogP contribution in [0.25, 0.3) is 0 Å². The molecule has 0 aromatic carbocycles. The van der Waals surface area contributed by atoms with Crippen molar-refractivity contribution in [3.63, 3.8) is 0 Å². The van der Waals surface area contributed by atoms with Gasteiger partial charge in [0.25, 0.3) is 0 Å². The lowest BCUT2D eigenvalue weighted by molar-refractivity contribution is -0.139. The first kappa shape index (κ1) is 17.5. The molecule has 0 aromatic rings. The molecule has 0 heterocycles. The summed E-state index contributed by atoms with van der Waals surface area (Å²) >= 11 is 0. The first-order valence-electron chi connectivity index (χ1n) is 5.67. The number of carboxylic acids is 1. The maximum atomic E-state index is 12.1. The van der Waals surface area contributed by atoms with Crippen molar-refractivity contribution >= 4 is 12.1 Å². The predicted molar refractivity (Wildman–Crippen MR) is 60.7 cm³/mol. The molecule has 1 N–H and O–H groups in total. The van der Waals surface area contributed by atoms with Gasteiger partial charge in [-0.2, -0.15) is 13.2 Å². The van der Waals surface area contributed by atoms with Gasteiger partial charge < -0.3 is 14.7 Å². The molecule has 1 amide bonds. The van der Waals surface area contributed by atoms with Crippen LogP contribution >= 0.6 is 0 Å². The highest BCUT2D eigenvalue weighted by Crippen LogP contribution is 2.20. The van der Waals surface area contributed by atoms with Crippen molar-refractivity contribution in [3.8, 4) is 0 Å². The van der Waals surface area contributed by atoms with Crippen molar-refractivity contribution in [2.75, 3.05) is 13.1 Å². The SMILES string of the molecule is CC(C)(C)OC(=O)N(CCC(=O)O)CCC(F)(F)F. The van der Waals surface area contributed by atoms with Crippen LogP contribution in [0.1, 0.15) is 33.6 Å². The van der Waals surface area contributed by atoms with E-state index in [1.165, 1.54) is 0 Å². The number of hydrogen-bond donors (Lipinski definition) is 1. The van der Waals surface area contributed by atoms with Gasteiger partial charge in [0, 0.05) is 13.1 Å². The van der Waals surface area contributed by atoms with Crippen LogP contribution in [0.4, 0.5) is 18.0 Å². The van der Waals surface area contributed by atoms with E-state index in [1.54, 1.807) is 20.8 Å². The smallest absolute Gasteiger partial charge is 0.410 e. The van der Waals surface area contributed by atoms with E-state index in [-0.39, 0.29) is 6.54 Å². The third kappa shape index (κ3) is 10.2. The second-order valence-corrected chi connectivity index (χ2v) is 4.98. The number of carbonyl (C=O) groups is 2. The van der Waals surface area contributed by atoms with Gasteiger partial charge in [-0.05, 0) is 20.8 Å². The highest BCUT2D eigenvalue weighted by Gasteiger charge is 2.30. The van der Waals surface area contributed by atoms with Crippen molar-refractivity contribution in [1.82, 2.24) is 4.90 Å². The number of amides is 1. The molecule has 112 valence electrons. The molecule has 19 heavy (non-hydrogen) atoms. The molecule has 0 saturated carbocycles. The van der Waals surface area contributed by atoms with Gasteiger partial charge in [0.2, 0.25) is 0 Å². The first-order valence-corrected chi connectivity index (χ1v) is 5.67. The summed E-state index contributed by atoms with van der Waals surface area (Å²) in [4.78, 5) is 22.8. The minimum atomic E-state index is -4.41. The quantitative estimate of drug-likeness (QED) is 0.843. The molecule has 0 fully saturated rings. The number of hydrogen-bond acceptors (Lipinski definition) is 3. The van der Waals surface area contributed by atoms with Crippen molar-refractivity contribution in [1.29, 1.82) is 0 Å². The summed E-state index contributed by atoms with van der Waals surface area (Å²) in [5.74, 6) is -1.19. The molecular formula is C11H18F3NO4. The van der Waals surface area contributed by atoms with Gasteiger partial charge in [0.15, 0.2) is 0 Å². The van der Waals surface area contributed by atoms with Crippen LogP contribution in [-0.2, 0) is 9.53 Å². The Balaban J connectivity index is 4.56. The van der Waals surface area contributed by atoms with E-state index in [4.69, 9.17) is 9.84 Å². The van der Waals surface area contributed by atoms with E-state index < -0.39 is 43.2 Å². The molecule has 0 atom stereocenters. The molecule has 0 bridgehead atoms. The van der Waals surface area contributed by atoms with Crippen LogP contribution in [0.3, 0.4) is 0 Å². The Bertz CT molecular complexity index is 323. The van der Waals surface area contributed by atoms with E-state index >= 15 is 0 Å². The first-order chi connectivity index (χ1) is 8.41. The Morgan fingerprint density at radius 2 is 1.68 bits per heavy atom. The van der Waals surface area contributed by atoms with Gasteiger partial charge in [0.1, 0.15) is 5.60 Å². The molecule has 0 spiro atoms. The number of halogens is 3. The number of alkyl halides is 3. The van der Waals surface area contributed by atoms with Gasteiger partial charge >= 0.3 is 18.2 Å². The monoisotopic (exact) mass is 285 g/mol. The minimum absolute atomic E-state index is 0.319. The van der Waals surface area contributed by atoms with Crippen LogP contribution in [-0.4, -0.2) is 46.9 Å².